The van der Waals surface area contributed by atoms with E-state index in [1.807, 2.05) is 0 Å². The highest BCUT2D eigenvalue weighted by Crippen LogP contribution is 2.25. The lowest BCUT2D eigenvalue weighted by molar-refractivity contribution is -0.127. The molecule has 0 fully saturated rings. The Hall–Kier alpha value is -1.59. The van der Waals surface area contributed by atoms with E-state index in [9.17, 15) is 9.18 Å². The summed E-state index contributed by atoms with van der Waals surface area (Å²) in [7, 11) is 0. The molecule has 120 valence electrons. The Labute approximate surface area is 134 Å². The molecule has 1 aliphatic heterocycles. The second-order valence-corrected chi connectivity index (χ2v) is 5.59. The van der Waals surface area contributed by atoms with Crippen molar-refractivity contribution in [1.82, 2.24) is 10.2 Å². The van der Waals surface area contributed by atoms with Gasteiger partial charge in [0, 0.05) is 26.2 Å². The van der Waals surface area contributed by atoms with Crippen molar-refractivity contribution in [3.8, 4) is 5.75 Å². The second kappa shape index (κ2) is 8.15. The number of carbonyl (C=O) groups is 1. The molecule has 1 N–H and O–H groups in total. The van der Waals surface area contributed by atoms with Gasteiger partial charge in [0.1, 0.15) is 11.6 Å². The zero-order valence-electron chi connectivity index (χ0n) is 12.5. The van der Waals surface area contributed by atoms with Gasteiger partial charge in [-0.05, 0) is 31.5 Å². The van der Waals surface area contributed by atoms with E-state index in [1.165, 1.54) is 12.1 Å². The first-order valence-electron chi connectivity index (χ1n) is 7.33. The summed E-state index contributed by atoms with van der Waals surface area (Å²) in [5.74, 6) is -0.357. The molecule has 0 aromatic heterocycles. The third-order valence-corrected chi connectivity index (χ3v) is 3.73. The quantitative estimate of drug-likeness (QED) is 0.817. The SMILES string of the molecule is C[C@H](Oc1ccc(F)cc1Cl)C(=O)NCCN1CC=CCC1. The minimum Gasteiger partial charge on any atom is -0.479 e. The summed E-state index contributed by atoms with van der Waals surface area (Å²) >= 11 is 5.87. The van der Waals surface area contributed by atoms with Gasteiger partial charge in [0.2, 0.25) is 0 Å². The van der Waals surface area contributed by atoms with Crippen LogP contribution in [0.3, 0.4) is 0 Å². The lowest BCUT2D eigenvalue weighted by Crippen LogP contribution is -2.41. The molecule has 0 radical (unpaired) electrons. The van der Waals surface area contributed by atoms with E-state index in [1.54, 1.807) is 6.92 Å². The van der Waals surface area contributed by atoms with Crippen LogP contribution in [0.15, 0.2) is 30.4 Å². The summed E-state index contributed by atoms with van der Waals surface area (Å²) < 4.78 is 18.4. The van der Waals surface area contributed by atoms with E-state index in [0.29, 0.717) is 12.3 Å². The maximum Gasteiger partial charge on any atom is 0.260 e. The Bertz CT molecular complexity index is 551. The zero-order valence-corrected chi connectivity index (χ0v) is 13.3. The summed E-state index contributed by atoms with van der Waals surface area (Å²) in [5.41, 5.74) is 0. The normalized spacial score (nSPS) is 16.3. The van der Waals surface area contributed by atoms with Crippen molar-refractivity contribution >= 4 is 17.5 Å². The van der Waals surface area contributed by atoms with Gasteiger partial charge in [-0.2, -0.15) is 0 Å². The van der Waals surface area contributed by atoms with E-state index in [4.69, 9.17) is 16.3 Å². The number of hydrogen-bond acceptors (Lipinski definition) is 3. The maximum atomic E-state index is 13.0. The van der Waals surface area contributed by atoms with Crippen molar-refractivity contribution in [3.63, 3.8) is 0 Å². The Balaban J connectivity index is 1.75. The summed E-state index contributed by atoms with van der Waals surface area (Å²) in [6, 6.07) is 3.82. The van der Waals surface area contributed by atoms with Gasteiger partial charge in [-0.25, -0.2) is 4.39 Å². The average molecular weight is 327 g/mol. The number of nitrogens with zero attached hydrogens (tertiary/aromatic N) is 1. The van der Waals surface area contributed by atoms with Crippen molar-refractivity contribution in [1.29, 1.82) is 0 Å². The van der Waals surface area contributed by atoms with Crippen LogP contribution >= 0.6 is 11.6 Å². The van der Waals surface area contributed by atoms with Gasteiger partial charge in [0.05, 0.1) is 5.02 Å². The summed E-state index contributed by atoms with van der Waals surface area (Å²) in [4.78, 5) is 14.2. The average Bonchev–Trinajstić information content (AvgIpc) is 2.51. The lowest BCUT2D eigenvalue weighted by Gasteiger charge is -2.23. The molecule has 2 rings (SSSR count). The first-order valence-corrected chi connectivity index (χ1v) is 7.71. The van der Waals surface area contributed by atoms with Gasteiger partial charge in [-0.15, -0.1) is 0 Å². The highest BCUT2D eigenvalue weighted by molar-refractivity contribution is 6.32. The molecule has 1 aliphatic rings. The predicted octanol–water partition coefficient (Wildman–Crippen LogP) is 2.62. The van der Waals surface area contributed by atoms with Crippen LogP contribution in [0.5, 0.6) is 5.75 Å². The van der Waals surface area contributed by atoms with Crippen LogP contribution in [0.2, 0.25) is 5.02 Å². The number of hydrogen-bond donors (Lipinski definition) is 1. The Morgan fingerprint density at radius 1 is 1.50 bits per heavy atom. The van der Waals surface area contributed by atoms with Crippen molar-refractivity contribution in [3.05, 3.63) is 41.2 Å². The molecule has 0 unspecified atom stereocenters. The van der Waals surface area contributed by atoms with E-state index in [-0.39, 0.29) is 10.9 Å². The summed E-state index contributed by atoms with van der Waals surface area (Å²) in [5, 5.41) is 2.99. The highest BCUT2D eigenvalue weighted by atomic mass is 35.5. The zero-order chi connectivity index (χ0) is 15.9. The fraction of sp³-hybridized carbons (Fsp3) is 0.438. The molecule has 6 heteroatoms. The number of nitrogens with one attached hydrogen (secondary N) is 1. The van der Waals surface area contributed by atoms with Gasteiger partial charge in [-0.3, -0.25) is 9.69 Å². The Morgan fingerprint density at radius 3 is 3.00 bits per heavy atom. The molecule has 1 aromatic carbocycles. The third kappa shape index (κ3) is 5.00. The van der Waals surface area contributed by atoms with E-state index in [2.05, 4.69) is 22.4 Å². The number of benzene rings is 1. The highest BCUT2D eigenvalue weighted by Gasteiger charge is 2.16. The van der Waals surface area contributed by atoms with Crippen molar-refractivity contribution in [2.75, 3.05) is 26.2 Å². The molecule has 4 nitrogen and oxygen atoms in total. The van der Waals surface area contributed by atoms with E-state index in [0.717, 1.165) is 32.1 Å². The number of ether oxygens (including phenoxy) is 1. The van der Waals surface area contributed by atoms with Crippen LogP contribution in [-0.4, -0.2) is 43.1 Å². The Kier molecular flexibility index (Phi) is 6.21. The molecular formula is C16H20ClFN2O2. The number of rotatable bonds is 6. The smallest absolute Gasteiger partial charge is 0.260 e. The van der Waals surface area contributed by atoms with Crippen LogP contribution in [0, 0.1) is 5.82 Å². The fourth-order valence-electron chi connectivity index (χ4n) is 2.19. The molecule has 1 heterocycles. The second-order valence-electron chi connectivity index (χ2n) is 5.19. The molecule has 0 saturated heterocycles. The number of halogens is 2. The first kappa shape index (κ1) is 16.8. The van der Waals surface area contributed by atoms with Crippen LogP contribution in [0.4, 0.5) is 4.39 Å². The van der Waals surface area contributed by atoms with Crippen molar-refractivity contribution < 1.29 is 13.9 Å². The largest absolute Gasteiger partial charge is 0.479 e. The maximum absolute atomic E-state index is 13.0. The molecule has 0 bridgehead atoms. The lowest BCUT2D eigenvalue weighted by atomic mass is 10.2. The van der Waals surface area contributed by atoms with Crippen molar-refractivity contribution in [2.24, 2.45) is 0 Å². The molecule has 1 aromatic rings. The van der Waals surface area contributed by atoms with Gasteiger partial charge >= 0.3 is 0 Å². The van der Waals surface area contributed by atoms with Gasteiger partial charge in [-0.1, -0.05) is 23.8 Å². The van der Waals surface area contributed by atoms with Crippen LogP contribution in [0.1, 0.15) is 13.3 Å². The summed E-state index contributed by atoms with van der Waals surface area (Å²) in [6.07, 6.45) is 4.66. The number of amides is 1. The molecule has 1 amide bonds. The number of carbonyl (C=O) groups excluding carboxylic acids is 1. The van der Waals surface area contributed by atoms with Gasteiger partial charge < -0.3 is 10.1 Å². The minimum atomic E-state index is -0.691. The van der Waals surface area contributed by atoms with Gasteiger partial charge in [0.15, 0.2) is 6.10 Å². The predicted molar refractivity (Wildman–Crippen MR) is 84.7 cm³/mol. The Morgan fingerprint density at radius 2 is 2.32 bits per heavy atom. The topological polar surface area (TPSA) is 41.6 Å². The van der Waals surface area contributed by atoms with E-state index < -0.39 is 11.9 Å². The van der Waals surface area contributed by atoms with Crippen LogP contribution in [0.25, 0.3) is 0 Å². The molecular weight excluding hydrogens is 307 g/mol. The fourth-order valence-corrected chi connectivity index (χ4v) is 2.40. The van der Waals surface area contributed by atoms with Crippen LogP contribution < -0.4 is 10.1 Å². The van der Waals surface area contributed by atoms with E-state index >= 15 is 0 Å². The molecule has 0 spiro atoms. The third-order valence-electron chi connectivity index (χ3n) is 3.44. The van der Waals surface area contributed by atoms with Crippen molar-refractivity contribution in [2.45, 2.75) is 19.4 Å². The molecule has 0 aliphatic carbocycles. The molecule has 22 heavy (non-hydrogen) atoms. The standard InChI is InChI=1S/C16H20ClFN2O2/c1-12(22-15-6-5-13(18)11-14(15)17)16(21)19-7-10-20-8-3-2-4-9-20/h2-3,5-6,11-12H,4,7-10H2,1H3,(H,19,21)/t12-/m0/s1. The monoisotopic (exact) mass is 326 g/mol. The minimum absolute atomic E-state index is 0.153. The molecule has 1 atom stereocenters. The first-order chi connectivity index (χ1) is 10.6. The summed E-state index contributed by atoms with van der Waals surface area (Å²) in [6.45, 7) is 4.95. The van der Waals surface area contributed by atoms with Gasteiger partial charge in [0.25, 0.3) is 5.91 Å². The van der Waals surface area contributed by atoms with Crippen LogP contribution in [-0.2, 0) is 4.79 Å². The molecule has 0 saturated carbocycles.